The minimum Gasteiger partial charge on any atom is -0.384 e. The number of para-hydroxylation sites is 1. The average Bonchev–Trinajstić information content (AvgIpc) is 2.34. The van der Waals surface area contributed by atoms with Crippen LogP contribution in [0.1, 0.15) is 63.4 Å². The summed E-state index contributed by atoms with van der Waals surface area (Å²) in [6, 6.07) is 6.01. The van der Waals surface area contributed by atoms with Gasteiger partial charge in [-0.15, -0.1) is 0 Å². The van der Waals surface area contributed by atoms with Crippen LogP contribution >= 0.6 is 0 Å². The van der Waals surface area contributed by atoms with Crippen LogP contribution in [0.5, 0.6) is 0 Å². The summed E-state index contributed by atoms with van der Waals surface area (Å²) >= 11 is 0. The highest BCUT2D eigenvalue weighted by molar-refractivity contribution is 6.00. The van der Waals surface area contributed by atoms with Crippen molar-refractivity contribution in [3.05, 3.63) is 29.3 Å². The molecule has 0 saturated carbocycles. The topological polar surface area (TPSA) is 41.1 Å². The monoisotopic (exact) mass is 288 g/mol. The van der Waals surface area contributed by atoms with E-state index in [-0.39, 0.29) is 16.9 Å². The summed E-state index contributed by atoms with van der Waals surface area (Å²) in [5.41, 5.74) is 3.02. The molecule has 0 atom stereocenters. The Hall–Kier alpha value is -1.51. The number of carbonyl (C=O) groups is 1. The summed E-state index contributed by atoms with van der Waals surface area (Å²) in [5.74, 6) is 0.0236. The Labute approximate surface area is 128 Å². The second kappa shape index (κ2) is 5.70. The molecule has 0 bridgehead atoms. The molecule has 2 rings (SSSR count). The maximum Gasteiger partial charge on any atom is 0.253 e. The first-order valence-electron chi connectivity index (χ1n) is 7.86. The molecule has 0 spiro atoms. The van der Waals surface area contributed by atoms with Crippen LogP contribution in [0.3, 0.4) is 0 Å². The van der Waals surface area contributed by atoms with Gasteiger partial charge in [-0.2, -0.15) is 0 Å². The molecule has 2 N–H and O–H groups in total. The lowest BCUT2D eigenvalue weighted by atomic mass is 9.81. The number of carbonyl (C=O) groups excluding carboxylic acids is 1. The van der Waals surface area contributed by atoms with Gasteiger partial charge in [-0.3, -0.25) is 4.79 Å². The molecule has 1 heterocycles. The molecule has 0 unspecified atom stereocenters. The molecule has 21 heavy (non-hydrogen) atoms. The summed E-state index contributed by atoms with van der Waals surface area (Å²) in [4.78, 5) is 12.7. The molecule has 3 nitrogen and oxygen atoms in total. The third-order valence-corrected chi connectivity index (χ3v) is 3.74. The zero-order chi connectivity index (χ0) is 15.7. The Kier molecular flexibility index (Phi) is 4.31. The van der Waals surface area contributed by atoms with Gasteiger partial charge in [0.15, 0.2) is 0 Å². The highest BCUT2D eigenvalue weighted by Crippen LogP contribution is 2.29. The Bertz CT molecular complexity index is 527. The van der Waals surface area contributed by atoms with Crippen molar-refractivity contribution in [1.82, 2.24) is 5.32 Å². The molecule has 0 radical (unpaired) electrons. The molecule has 1 aromatic carbocycles. The molecule has 1 aromatic rings. The number of rotatable bonds is 3. The number of amides is 1. The second-order valence-electron chi connectivity index (χ2n) is 7.95. The summed E-state index contributed by atoms with van der Waals surface area (Å²) < 4.78 is 0. The first-order valence-corrected chi connectivity index (χ1v) is 7.86. The predicted molar refractivity (Wildman–Crippen MR) is 88.9 cm³/mol. The molecule has 0 aliphatic carbocycles. The van der Waals surface area contributed by atoms with Crippen molar-refractivity contribution in [2.45, 2.75) is 59.4 Å². The Morgan fingerprint density at radius 2 is 1.95 bits per heavy atom. The SMILES string of the molecule is CC(C)(C)CC(C)(C)NC(=O)c1cccc2c1NCCC2. The fourth-order valence-electron chi connectivity index (χ4n) is 3.44. The number of aryl methyl sites for hydroxylation is 1. The first-order chi connectivity index (χ1) is 9.68. The van der Waals surface area contributed by atoms with Gasteiger partial charge in [0.05, 0.1) is 11.3 Å². The number of nitrogens with one attached hydrogen (secondary N) is 2. The fraction of sp³-hybridized carbons (Fsp3) is 0.611. The zero-order valence-electron chi connectivity index (χ0n) is 14.0. The number of fused-ring (bicyclic) bond motifs is 1. The van der Waals surface area contributed by atoms with E-state index in [1.54, 1.807) is 0 Å². The predicted octanol–water partition coefficient (Wildman–Crippen LogP) is 3.99. The van der Waals surface area contributed by atoms with Crippen LogP contribution in [-0.2, 0) is 6.42 Å². The van der Waals surface area contributed by atoms with E-state index in [1.165, 1.54) is 5.56 Å². The van der Waals surface area contributed by atoms with Gasteiger partial charge in [-0.05, 0) is 50.2 Å². The molecule has 1 amide bonds. The van der Waals surface area contributed by atoms with Crippen molar-refractivity contribution >= 4 is 11.6 Å². The molecular formula is C18H28N2O. The third-order valence-electron chi connectivity index (χ3n) is 3.74. The lowest BCUT2D eigenvalue weighted by Crippen LogP contribution is -2.46. The molecule has 116 valence electrons. The first kappa shape index (κ1) is 15.9. The summed E-state index contributed by atoms with van der Waals surface area (Å²) in [6.45, 7) is 11.7. The zero-order valence-corrected chi connectivity index (χ0v) is 14.0. The highest BCUT2D eigenvalue weighted by atomic mass is 16.1. The van der Waals surface area contributed by atoms with Gasteiger partial charge in [0.25, 0.3) is 5.91 Å². The summed E-state index contributed by atoms with van der Waals surface area (Å²) in [7, 11) is 0. The minimum absolute atomic E-state index is 0.0236. The maximum absolute atomic E-state index is 12.7. The fourth-order valence-corrected chi connectivity index (χ4v) is 3.44. The quantitative estimate of drug-likeness (QED) is 0.883. The van der Waals surface area contributed by atoms with Crippen molar-refractivity contribution in [3.8, 4) is 0 Å². The van der Waals surface area contributed by atoms with Gasteiger partial charge in [0.2, 0.25) is 0 Å². The van der Waals surface area contributed by atoms with Gasteiger partial charge in [0.1, 0.15) is 0 Å². The van der Waals surface area contributed by atoms with Crippen molar-refractivity contribution in [1.29, 1.82) is 0 Å². The van der Waals surface area contributed by atoms with E-state index in [2.05, 4.69) is 51.3 Å². The van der Waals surface area contributed by atoms with Gasteiger partial charge in [-0.25, -0.2) is 0 Å². The normalized spacial score (nSPS) is 15.1. The van der Waals surface area contributed by atoms with Crippen LogP contribution in [0, 0.1) is 5.41 Å². The molecule has 3 heteroatoms. The Morgan fingerprint density at radius 3 is 2.62 bits per heavy atom. The third kappa shape index (κ3) is 4.23. The van der Waals surface area contributed by atoms with Crippen LogP contribution in [0.4, 0.5) is 5.69 Å². The number of benzene rings is 1. The van der Waals surface area contributed by atoms with Crippen LogP contribution in [-0.4, -0.2) is 18.0 Å². The van der Waals surface area contributed by atoms with E-state index < -0.39 is 0 Å². The molecule has 1 aliphatic heterocycles. The van der Waals surface area contributed by atoms with E-state index in [4.69, 9.17) is 0 Å². The van der Waals surface area contributed by atoms with Crippen molar-refractivity contribution in [2.75, 3.05) is 11.9 Å². The van der Waals surface area contributed by atoms with Crippen LogP contribution < -0.4 is 10.6 Å². The van der Waals surface area contributed by atoms with Crippen LogP contribution in [0.2, 0.25) is 0 Å². The Balaban J connectivity index is 2.18. The van der Waals surface area contributed by atoms with E-state index >= 15 is 0 Å². The Morgan fingerprint density at radius 1 is 1.24 bits per heavy atom. The van der Waals surface area contributed by atoms with Gasteiger partial charge in [0, 0.05) is 12.1 Å². The van der Waals surface area contributed by atoms with Crippen molar-refractivity contribution in [3.63, 3.8) is 0 Å². The van der Waals surface area contributed by atoms with E-state index in [0.29, 0.717) is 0 Å². The molecule has 0 aromatic heterocycles. The van der Waals surface area contributed by atoms with E-state index in [0.717, 1.165) is 37.1 Å². The van der Waals surface area contributed by atoms with Gasteiger partial charge >= 0.3 is 0 Å². The molecular weight excluding hydrogens is 260 g/mol. The van der Waals surface area contributed by atoms with E-state index in [1.807, 2.05) is 12.1 Å². The van der Waals surface area contributed by atoms with Gasteiger partial charge < -0.3 is 10.6 Å². The molecule has 0 fully saturated rings. The highest BCUT2D eigenvalue weighted by Gasteiger charge is 2.28. The van der Waals surface area contributed by atoms with Crippen LogP contribution in [0.15, 0.2) is 18.2 Å². The smallest absolute Gasteiger partial charge is 0.253 e. The van der Waals surface area contributed by atoms with E-state index in [9.17, 15) is 4.79 Å². The maximum atomic E-state index is 12.7. The number of anilines is 1. The second-order valence-corrected chi connectivity index (χ2v) is 7.95. The minimum atomic E-state index is -0.216. The summed E-state index contributed by atoms with van der Waals surface area (Å²) in [5, 5.41) is 6.59. The molecule has 1 aliphatic rings. The summed E-state index contributed by atoms with van der Waals surface area (Å²) in [6.07, 6.45) is 3.12. The van der Waals surface area contributed by atoms with Crippen LogP contribution in [0.25, 0.3) is 0 Å². The number of hydrogen-bond donors (Lipinski definition) is 2. The largest absolute Gasteiger partial charge is 0.384 e. The van der Waals surface area contributed by atoms with Crippen molar-refractivity contribution < 1.29 is 4.79 Å². The lowest BCUT2D eigenvalue weighted by Gasteiger charge is -2.33. The average molecular weight is 288 g/mol. The molecule has 0 saturated heterocycles. The van der Waals surface area contributed by atoms with Gasteiger partial charge in [-0.1, -0.05) is 32.9 Å². The lowest BCUT2D eigenvalue weighted by molar-refractivity contribution is 0.0892. The standard InChI is InChI=1S/C18H28N2O/c1-17(2,3)12-18(4,5)20-16(21)14-10-6-8-13-9-7-11-19-15(13)14/h6,8,10,19H,7,9,11-12H2,1-5H3,(H,20,21). The van der Waals surface area contributed by atoms with Crippen molar-refractivity contribution in [2.24, 2.45) is 5.41 Å². The number of hydrogen-bond acceptors (Lipinski definition) is 2.